The molecule has 0 spiro atoms. The first kappa shape index (κ1) is 10.4. The summed E-state index contributed by atoms with van der Waals surface area (Å²) in [5.41, 5.74) is -0.823. The molecule has 0 heterocycles. The van der Waals surface area contributed by atoms with Gasteiger partial charge in [-0.25, -0.2) is 0 Å². The average Bonchev–Trinajstić information content (AvgIpc) is 2.03. The van der Waals surface area contributed by atoms with Crippen LogP contribution in [-0.4, -0.2) is 10.8 Å². The van der Waals surface area contributed by atoms with Gasteiger partial charge < -0.3 is 4.55 Å². The number of hydrogen-bond acceptors (Lipinski definition) is 1. The van der Waals surface area contributed by atoms with Crippen molar-refractivity contribution >= 4 is 11.2 Å². The van der Waals surface area contributed by atoms with E-state index < -0.39 is 22.9 Å². The van der Waals surface area contributed by atoms with Crippen LogP contribution < -0.4 is 0 Å². The Balaban J connectivity index is 3.20. The first-order valence-electron chi connectivity index (χ1n) is 3.42. The molecule has 0 fully saturated rings. The molecule has 0 amide bonds. The quantitative estimate of drug-likeness (QED) is 0.650. The molecule has 1 rings (SSSR count). The minimum absolute atomic E-state index is 0.171. The van der Waals surface area contributed by atoms with Crippen molar-refractivity contribution in [3.8, 4) is 0 Å². The van der Waals surface area contributed by atoms with Crippen molar-refractivity contribution in [3.63, 3.8) is 0 Å². The molecular weight excluding hydrogens is 201 g/mol. The summed E-state index contributed by atoms with van der Waals surface area (Å²) in [6.07, 6.45) is -3.20. The molecule has 0 saturated carbocycles. The lowest BCUT2D eigenvalue weighted by Gasteiger charge is -2.12. The molecule has 0 radical (unpaired) electrons. The Labute approximate surface area is 76.8 Å². The summed E-state index contributed by atoms with van der Waals surface area (Å²) in [7, 11) is 0. The maximum absolute atomic E-state index is 12.3. The van der Waals surface area contributed by atoms with Gasteiger partial charge in [-0.15, -0.1) is 0 Å². The number of halogens is 3. The van der Waals surface area contributed by atoms with Crippen LogP contribution in [0.25, 0.3) is 0 Å². The van der Waals surface area contributed by atoms with Gasteiger partial charge in [0.2, 0.25) is 0 Å². The molecule has 0 saturated heterocycles. The highest BCUT2D eigenvalue weighted by Crippen LogP contribution is 2.33. The minimum atomic E-state index is -4.43. The van der Waals surface area contributed by atoms with Crippen molar-refractivity contribution in [3.05, 3.63) is 29.8 Å². The van der Waals surface area contributed by atoms with Gasteiger partial charge in [0.05, 0.1) is 0 Å². The Bertz CT molecular complexity index is 296. The van der Waals surface area contributed by atoms with Crippen LogP contribution in [0.5, 0.6) is 0 Å². The van der Waals surface area contributed by atoms with Crippen LogP contribution in [0.15, 0.2) is 29.2 Å². The van der Waals surface area contributed by atoms with Gasteiger partial charge in [0.25, 0.3) is 0 Å². The van der Waals surface area contributed by atoms with E-state index in [1.54, 1.807) is 0 Å². The van der Waals surface area contributed by atoms with Crippen LogP contribution >= 0.6 is 0 Å². The van der Waals surface area contributed by atoms with Gasteiger partial charge in [-0.3, -0.25) is 0 Å². The molecule has 1 nitrogen and oxygen atoms in total. The molecule has 1 unspecified atom stereocenters. The van der Waals surface area contributed by atoms with Crippen LogP contribution in [0.2, 0.25) is 0 Å². The SMILES string of the molecule is C[S+]([O-])c1ccccc1C(F)(F)F. The summed E-state index contributed by atoms with van der Waals surface area (Å²) < 4.78 is 47.7. The van der Waals surface area contributed by atoms with E-state index in [1.165, 1.54) is 24.5 Å². The van der Waals surface area contributed by atoms with Crippen molar-refractivity contribution in [2.24, 2.45) is 0 Å². The van der Waals surface area contributed by atoms with Crippen molar-refractivity contribution in [1.29, 1.82) is 0 Å². The molecule has 0 aliphatic carbocycles. The van der Waals surface area contributed by atoms with Crippen molar-refractivity contribution in [2.45, 2.75) is 11.1 Å². The Morgan fingerprint density at radius 3 is 2.15 bits per heavy atom. The summed E-state index contributed by atoms with van der Waals surface area (Å²) in [6.45, 7) is 0. The normalized spacial score (nSPS) is 14.2. The first-order valence-corrected chi connectivity index (χ1v) is 4.98. The average molecular weight is 208 g/mol. The highest BCUT2D eigenvalue weighted by atomic mass is 32.2. The fourth-order valence-electron chi connectivity index (χ4n) is 0.951. The third-order valence-corrected chi connectivity index (χ3v) is 2.48. The Hall–Kier alpha value is -0.680. The third kappa shape index (κ3) is 2.38. The van der Waals surface area contributed by atoms with E-state index in [2.05, 4.69) is 0 Å². The zero-order valence-electron chi connectivity index (χ0n) is 6.76. The second-order valence-corrected chi connectivity index (χ2v) is 3.80. The van der Waals surface area contributed by atoms with E-state index in [4.69, 9.17) is 0 Å². The van der Waals surface area contributed by atoms with Gasteiger partial charge >= 0.3 is 6.18 Å². The molecule has 1 aromatic carbocycles. The fraction of sp³-hybridized carbons (Fsp3) is 0.250. The Kier molecular flexibility index (Phi) is 2.87. The highest BCUT2D eigenvalue weighted by molar-refractivity contribution is 7.90. The molecule has 0 aliphatic rings. The maximum atomic E-state index is 12.3. The van der Waals surface area contributed by atoms with E-state index >= 15 is 0 Å². The summed E-state index contributed by atoms with van der Waals surface area (Å²) in [4.78, 5) is -0.171. The lowest BCUT2D eigenvalue weighted by atomic mass is 10.2. The molecule has 0 bridgehead atoms. The van der Waals surface area contributed by atoms with Gasteiger partial charge in [-0.2, -0.15) is 13.2 Å². The summed E-state index contributed by atoms with van der Waals surface area (Å²) in [6, 6.07) is 4.86. The third-order valence-electron chi connectivity index (χ3n) is 1.50. The lowest BCUT2D eigenvalue weighted by molar-refractivity contribution is -0.139. The lowest BCUT2D eigenvalue weighted by Crippen LogP contribution is -2.11. The highest BCUT2D eigenvalue weighted by Gasteiger charge is 2.36. The summed E-state index contributed by atoms with van der Waals surface area (Å²) >= 11 is -1.61. The van der Waals surface area contributed by atoms with E-state index in [0.29, 0.717) is 0 Å². The largest absolute Gasteiger partial charge is 0.612 e. The number of hydrogen-bond donors (Lipinski definition) is 0. The van der Waals surface area contributed by atoms with Crippen LogP contribution in [0.1, 0.15) is 5.56 Å². The molecular formula is C8H7F3OS. The van der Waals surface area contributed by atoms with Crippen molar-refractivity contribution in [2.75, 3.05) is 6.26 Å². The molecule has 1 atom stereocenters. The number of benzene rings is 1. The van der Waals surface area contributed by atoms with E-state index in [-0.39, 0.29) is 4.90 Å². The Morgan fingerprint density at radius 1 is 1.23 bits per heavy atom. The van der Waals surface area contributed by atoms with E-state index in [9.17, 15) is 17.7 Å². The van der Waals surface area contributed by atoms with Gasteiger partial charge in [0, 0.05) is 0 Å². The van der Waals surface area contributed by atoms with E-state index in [0.717, 1.165) is 6.07 Å². The Morgan fingerprint density at radius 2 is 1.77 bits per heavy atom. The number of alkyl halides is 3. The topological polar surface area (TPSA) is 23.1 Å². The maximum Gasteiger partial charge on any atom is 0.421 e. The van der Waals surface area contributed by atoms with Gasteiger partial charge in [-0.05, 0) is 23.3 Å². The fourth-order valence-corrected chi connectivity index (χ4v) is 1.72. The van der Waals surface area contributed by atoms with Crippen molar-refractivity contribution in [1.82, 2.24) is 0 Å². The van der Waals surface area contributed by atoms with Crippen LogP contribution in [0, 0.1) is 0 Å². The van der Waals surface area contributed by atoms with Gasteiger partial charge in [0.15, 0.2) is 4.90 Å². The predicted octanol–water partition coefficient (Wildman–Crippen LogP) is 2.44. The molecule has 72 valence electrons. The molecule has 13 heavy (non-hydrogen) atoms. The second-order valence-electron chi connectivity index (χ2n) is 2.45. The molecule has 5 heteroatoms. The molecule has 0 aliphatic heterocycles. The monoisotopic (exact) mass is 208 g/mol. The van der Waals surface area contributed by atoms with Crippen LogP contribution in [0.3, 0.4) is 0 Å². The van der Waals surface area contributed by atoms with Crippen LogP contribution in [0.4, 0.5) is 13.2 Å². The van der Waals surface area contributed by atoms with Gasteiger partial charge in [0.1, 0.15) is 11.8 Å². The molecule has 1 aromatic rings. The minimum Gasteiger partial charge on any atom is -0.612 e. The zero-order chi connectivity index (χ0) is 10.1. The van der Waals surface area contributed by atoms with E-state index in [1.807, 2.05) is 0 Å². The molecule has 0 aromatic heterocycles. The molecule has 0 N–H and O–H groups in total. The predicted molar refractivity (Wildman–Crippen MR) is 43.8 cm³/mol. The summed E-state index contributed by atoms with van der Waals surface area (Å²) in [5.74, 6) is 0. The summed E-state index contributed by atoms with van der Waals surface area (Å²) in [5, 5.41) is 0. The standard InChI is InChI=1S/C8H7F3OS/c1-13(12)7-5-3-2-4-6(7)8(9,10)11/h2-5H,1H3. The van der Waals surface area contributed by atoms with Crippen molar-refractivity contribution < 1.29 is 17.7 Å². The smallest absolute Gasteiger partial charge is 0.421 e. The second kappa shape index (κ2) is 3.59. The number of rotatable bonds is 1. The van der Waals surface area contributed by atoms with Crippen LogP contribution in [-0.2, 0) is 17.4 Å². The van der Waals surface area contributed by atoms with Gasteiger partial charge in [-0.1, -0.05) is 12.1 Å². The zero-order valence-corrected chi connectivity index (χ0v) is 7.58. The first-order chi connectivity index (χ1) is 5.93.